The van der Waals surface area contributed by atoms with Crippen LogP contribution in [0, 0.1) is 11.8 Å². The summed E-state index contributed by atoms with van der Waals surface area (Å²) in [6.07, 6.45) is 0. The predicted molar refractivity (Wildman–Crippen MR) is 115 cm³/mol. The maximum Gasteiger partial charge on any atom is 0.330 e. The molecule has 2 aromatic rings. The number of halogens is 1. The molecule has 29 heavy (non-hydrogen) atoms. The van der Waals surface area contributed by atoms with Gasteiger partial charge in [0.05, 0.1) is 5.02 Å². The van der Waals surface area contributed by atoms with Gasteiger partial charge in [-0.05, 0) is 24.0 Å². The molecule has 1 aromatic carbocycles. The molecular weight excluding hydrogens is 396 g/mol. The van der Waals surface area contributed by atoms with E-state index in [1.165, 1.54) is 9.47 Å². The molecule has 0 fully saturated rings. The van der Waals surface area contributed by atoms with E-state index in [4.69, 9.17) is 22.1 Å². The third-order valence-corrected chi connectivity index (χ3v) is 4.38. The van der Waals surface area contributed by atoms with Gasteiger partial charge in [-0.25, -0.2) is 4.79 Å². The number of hydrogen-bond acceptors (Lipinski definition) is 5. The molecule has 158 valence electrons. The summed E-state index contributed by atoms with van der Waals surface area (Å²) < 4.78 is 6.81. The number of anilines is 2. The molecule has 0 aliphatic heterocycles. The van der Waals surface area contributed by atoms with Crippen LogP contribution in [-0.2, 0) is 11.3 Å². The fourth-order valence-electron chi connectivity index (χ4n) is 2.85. The van der Waals surface area contributed by atoms with Gasteiger partial charge in [0.25, 0.3) is 11.5 Å². The number of nitrogens with one attached hydrogen (secondary N) is 1. The van der Waals surface area contributed by atoms with E-state index in [0.29, 0.717) is 17.3 Å². The Bertz CT molecular complexity index is 981. The SMILES string of the molecule is CC(C)CN(C(=O)COc1ccccc1Cl)c1c(N)n(CC(C)C)c(=O)[nH]c1=O. The molecule has 0 radical (unpaired) electrons. The number of hydrogen-bond donors (Lipinski definition) is 2. The monoisotopic (exact) mass is 422 g/mol. The molecule has 0 spiro atoms. The van der Waals surface area contributed by atoms with Gasteiger partial charge in [0, 0.05) is 13.1 Å². The first-order valence-corrected chi connectivity index (χ1v) is 9.79. The van der Waals surface area contributed by atoms with Crippen LogP contribution >= 0.6 is 11.6 Å². The van der Waals surface area contributed by atoms with E-state index in [9.17, 15) is 14.4 Å². The van der Waals surface area contributed by atoms with Crippen molar-refractivity contribution >= 4 is 29.0 Å². The van der Waals surface area contributed by atoms with E-state index in [2.05, 4.69) is 4.98 Å². The number of benzene rings is 1. The van der Waals surface area contributed by atoms with Crippen LogP contribution in [0.3, 0.4) is 0 Å². The molecule has 1 heterocycles. The van der Waals surface area contributed by atoms with Gasteiger partial charge >= 0.3 is 5.69 Å². The number of para-hydroxylation sites is 1. The van der Waals surface area contributed by atoms with Gasteiger partial charge in [0.15, 0.2) is 12.3 Å². The molecule has 0 bridgehead atoms. The molecule has 2 rings (SSSR count). The van der Waals surface area contributed by atoms with Crippen molar-refractivity contribution in [1.82, 2.24) is 9.55 Å². The zero-order chi connectivity index (χ0) is 21.7. The maximum atomic E-state index is 12.9. The van der Waals surface area contributed by atoms with Gasteiger partial charge in [-0.3, -0.25) is 19.1 Å². The molecule has 0 aliphatic carbocycles. The molecule has 1 amide bonds. The van der Waals surface area contributed by atoms with Crippen LogP contribution < -0.4 is 26.6 Å². The Kier molecular flexibility index (Phi) is 7.50. The minimum absolute atomic E-state index is 0.0424. The van der Waals surface area contributed by atoms with Crippen LogP contribution in [0.1, 0.15) is 27.7 Å². The second kappa shape index (κ2) is 9.65. The van der Waals surface area contributed by atoms with Crippen molar-refractivity contribution in [3.63, 3.8) is 0 Å². The third kappa shape index (κ3) is 5.63. The van der Waals surface area contributed by atoms with Crippen molar-refractivity contribution in [3.8, 4) is 5.75 Å². The summed E-state index contributed by atoms with van der Waals surface area (Å²) in [5, 5.41) is 0.374. The molecule has 0 aliphatic rings. The number of nitrogens with zero attached hydrogens (tertiary/aromatic N) is 2. The van der Waals surface area contributed by atoms with Crippen molar-refractivity contribution < 1.29 is 9.53 Å². The van der Waals surface area contributed by atoms with Crippen LogP contribution in [0.15, 0.2) is 33.9 Å². The van der Waals surface area contributed by atoms with Gasteiger partial charge in [0.2, 0.25) is 0 Å². The largest absolute Gasteiger partial charge is 0.482 e. The molecule has 0 atom stereocenters. The van der Waals surface area contributed by atoms with Gasteiger partial charge in [-0.2, -0.15) is 0 Å². The fraction of sp³-hybridized carbons (Fsp3) is 0.450. The lowest BCUT2D eigenvalue weighted by Crippen LogP contribution is -2.44. The van der Waals surface area contributed by atoms with Crippen molar-refractivity contribution in [2.24, 2.45) is 11.8 Å². The van der Waals surface area contributed by atoms with E-state index in [1.807, 2.05) is 27.7 Å². The Labute approximate surface area is 174 Å². The van der Waals surface area contributed by atoms with Crippen molar-refractivity contribution in [1.29, 1.82) is 0 Å². The minimum Gasteiger partial charge on any atom is -0.482 e. The summed E-state index contributed by atoms with van der Waals surface area (Å²) in [4.78, 5) is 41.2. The highest BCUT2D eigenvalue weighted by atomic mass is 35.5. The predicted octanol–water partition coefficient (Wildman–Crippen LogP) is 2.50. The topological polar surface area (TPSA) is 110 Å². The second-order valence-corrected chi connectivity index (χ2v) is 8.02. The van der Waals surface area contributed by atoms with E-state index < -0.39 is 17.2 Å². The zero-order valence-corrected chi connectivity index (χ0v) is 17.8. The van der Waals surface area contributed by atoms with E-state index in [1.54, 1.807) is 24.3 Å². The maximum absolute atomic E-state index is 12.9. The number of H-pyrrole nitrogens is 1. The fourth-order valence-corrected chi connectivity index (χ4v) is 3.04. The number of nitrogens with two attached hydrogens (primary N) is 1. The zero-order valence-electron chi connectivity index (χ0n) is 17.1. The van der Waals surface area contributed by atoms with Gasteiger partial charge in [-0.1, -0.05) is 51.4 Å². The summed E-state index contributed by atoms with van der Waals surface area (Å²) in [6.45, 7) is 7.87. The lowest BCUT2D eigenvalue weighted by Gasteiger charge is -2.26. The van der Waals surface area contributed by atoms with Crippen molar-refractivity contribution in [3.05, 3.63) is 50.1 Å². The molecule has 9 heteroatoms. The number of aromatic nitrogens is 2. The highest BCUT2D eigenvalue weighted by Crippen LogP contribution is 2.24. The molecule has 1 aromatic heterocycles. The van der Waals surface area contributed by atoms with Crippen LogP contribution in [0.25, 0.3) is 0 Å². The number of amides is 1. The Morgan fingerprint density at radius 1 is 1.21 bits per heavy atom. The minimum atomic E-state index is -0.709. The van der Waals surface area contributed by atoms with Crippen molar-refractivity contribution in [2.75, 3.05) is 23.8 Å². The molecule has 3 N–H and O–H groups in total. The summed E-state index contributed by atoms with van der Waals surface area (Å²) in [5.41, 5.74) is 4.81. The van der Waals surface area contributed by atoms with Crippen LogP contribution in [0.2, 0.25) is 5.02 Å². The first-order valence-electron chi connectivity index (χ1n) is 9.42. The molecular formula is C20H27ClN4O4. The standard InChI is InChI=1S/C20H27ClN4O4/c1-12(2)9-24(16(26)11-29-15-8-6-5-7-14(15)21)17-18(22)25(10-13(3)4)20(28)23-19(17)27/h5-8,12-13H,9-11,22H2,1-4H3,(H,23,27,28). The molecule has 8 nitrogen and oxygen atoms in total. The number of ether oxygens (including phenoxy) is 1. The molecule has 0 saturated carbocycles. The normalized spacial score (nSPS) is 11.1. The Morgan fingerprint density at radius 3 is 2.45 bits per heavy atom. The van der Waals surface area contributed by atoms with Crippen molar-refractivity contribution in [2.45, 2.75) is 34.2 Å². The Hall–Kier alpha value is -2.74. The highest BCUT2D eigenvalue weighted by molar-refractivity contribution is 6.32. The van der Waals surface area contributed by atoms with Gasteiger partial charge < -0.3 is 15.4 Å². The molecule has 0 unspecified atom stereocenters. The Morgan fingerprint density at radius 2 is 1.86 bits per heavy atom. The van der Waals surface area contributed by atoms with Gasteiger partial charge in [-0.15, -0.1) is 0 Å². The number of rotatable bonds is 8. The third-order valence-electron chi connectivity index (χ3n) is 4.07. The van der Waals surface area contributed by atoms with E-state index >= 15 is 0 Å². The first kappa shape index (κ1) is 22.5. The lowest BCUT2D eigenvalue weighted by molar-refractivity contribution is -0.120. The highest BCUT2D eigenvalue weighted by Gasteiger charge is 2.25. The summed E-state index contributed by atoms with van der Waals surface area (Å²) in [7, 11) is 0. The number of aromatic amines is 1. The lowest BCUT2D eigenvalue weighted by atomic mass is 10.2. The van der Waals surface area contributed by atoms with Crippen LogP contribution in [-0.4, -0.2) is 28.6 Å². The van der Waals surface area contributed by atoms with Crippen LogP contribution in [0.5, 0.6) is 5.75 Å². The summed E-state index contributed by atoms with van der Waals surface area (Å²) in [6, 6.07) is 6.78. The number of carbonyl (C=O) groups is 1. The van der Waals surface area contributed by atoms with Gasteiger partial charge in [0.1, 0.15) is 11.6 Å². The Balaban J connectivity index is 2.41. The first-order chi connectivity index (χ1) is 13.6. The van der Waals surface area contributed by atoms with E-state index in [0.717, 1.165) is 0 Å². The molecule has 0 saturated heterocycles. The number of carbonyl (C=O) groups excluding carboxylic acids is 1. The average molecular weight is 423 g/mol. The van der Waals surface area contributed by atoms with Crippen LogP contribution in [0.4, 0.5) is 11.5 Å². The second-order valence-electron chi connectivity index (χ2n) is 7.61. The number of nitrogen functional groups attached to an aromatic ring is 1. The average Bonchev–Trinajstić information content (AvgIpc) is 2.62. The quantitative estimate of drug-likeness (QED) is 0.679. The summed E-state index contributed by atoms with van der Waals surface area (Å²) in [5.74, 6) is 0.0125. The smallest absolute Gasteiger partial charge is 0.330 e. The van der Waals surface area contributed by atoms with E-state index in [-0.39, 0.29) is 36.5 Å². The summed E-state index contributed by atoms with van der Waals surface area (Å²) >= 11 is 6.06.